The zero-order chi connectivity index (χ0) is 13.8. The Balaban J connectivity index is 1.90. The molecule has 96 valence electrons. The van der Waals surface area contributed by atoms with E-state index in [0.29, 0.717) is 0 Å². The zero-order valence-corrected chi connectivity index (χ0v) is 11.3. The van der Waals surface area contributed by atoms with Crippen LogP contribution in [-0.4, -0.2) is 7.11 Å². The van der Waals surface area contributed by atoms with Gasteiger partial charge in [-0.1, -0.05) is 42.2 Å². The van der Waals surface area contributed by atoms with Crippen LogP contribution < -0.4 is 4.74 Å². The van der Waals surface area contributed by atoms with E-state index < -0.39 is 0 Å². The Hall–Kier alpha value is -2.72. The molecule has 0 saturated carbocycles. The SMILES string of the molecule is COc1ccc(C#Cc2ccc3ccccc3c2)cc1. The van der Waals surface area contributed by atoms with Crippen LogP contribution in [0.2, 0.25) is 0 Å². The molecule has 3 aromatic rings. The van der Waals surface area contributed by atoms with Gasteiger partial charge < -0.3 is 4.74 Å². The smallest absolute Gasteiger partial charge is 0.118 e. The second kappa shape index (κ2) is 5.50. The Labute approximate surface area is 118 Å². The van der Waals surface area contributed by atoms with Gasteiger partial charge in [0.15, 0.2) is 0 Å². The molecular formula is C19H14O. The Morgan fingerprint density at radius 3 is 2.10 bits per heavy atom. The summed E-state index contributed by atoms with van der Waals surface area (Å²) in [4.78, 5) is 0. The molecule has 1 nitrogen and oxygen atoms in total. The van der Waals surface area contributed by atoms with Gasteiger partial charge in [0.25, 0.3) is 0 Å². The van der Waals surface area contributed by atoms with Crippen molar-refractivity contribution in [2.75, 3.05) is 7.11 Å². The number of rotatable bonds is 1. The van der Waals surface area contributed by atoms with Crippen molar-refractivity contribution in [3.8, 4) is 17.6 Å². The number of fused-ring (bicyclic) bond motifs is 1. The summed E-state index contributed by atoms with van der Waals surface area (Å²) < 4.78 is 5.13. The highest BCUT2D eigenvalue weighted by atomic mass is 16.5. The second-order valence-electron chi connectivity index (χ2n) is 4.54. The molecule has 0 atom stereocenters. The fourth-order valence-corrected chi connectivity index (χ4v) is 2.09. The van der Waals surface area contributed by atoms with Crippen molar-refractivity contribution < 1.29 is 4.74 Å². The molecule has 0 aliphatic heterocycles. The second-order valence-corrected chi connectivity index (χ2v) is 4.54. The van der Waals surface area contributed by atoms with Crippen molar-refractivity contribution in [1.82, 2.24) is 0 Å². The average Bonchev–Trinajstić information content (AvgIpc) is 2.53. The number of benzene rings is 3. The van der Waals surface area contributed by atoms with E-state index in [9.17, 15) is 0 Å². The summed E-state index contributed by atoms with van der Waals surface area (Å²) in [7, 11) is 1.66. The predicted molar refractivity (Wildman–Crippen MR) is 82.9 cm³/mol. The van der Waals surface area contributed by atoms with E-state index in [1.54, 1.807) is 7.11 Å². The van der Waals surface area contributed by atoms with Gasteiger partial charge in [0.1, 0.15) is 5.75 Å². The summed E-state index contributed by atoms with van der Waals surface area (Å²) in [5.41, 5.74) is 2.01. The minimum absolute atomic E-state index is 0.848. The van der Waals surface area contributed by atoms with Gasteiger partial charge in [0.05, 0.1) is 7.11 Å². The minimum Gasteiger partial charge on any atom is -0.497 e. The quantitative estimate of drug-likeness (QED) is 0.593. The maximum atomic E-state index is 5.13. The highest BCUT2D eigenvalue weighted by Crippen LogP contribution is 2.15. The lowest BCUT2D eigenvalue weighted by molar-refractivity contribution is 0.415. The Kier molecular flexibility index (Phi) is 3.39. The van der Waals surface area contributed by atoms with Crippen LogP contribution in [0.3, 0.4) is 0 Å². The topological polar surface area (TPSA) is 9.23 Å². The van der Waals surface area contributed by atoms with E-state index in [-0.39, 0.29) is 0 Å². The van der Waals surface area contributed by atoms with Gasteiger partial charge in [-0.05, 0) is 47.2 Å². The summed E-state index contributed by atoms with van der Waals surface area (Å²) in [5.74, 6) is 7.22. The molecule has 0 aromatic heterocycles. The number of ether oxygens (including phenoxy) is 1. The van der Waals surface area contributed by atoms with E-state index in [4.69, 9.17) is 4.74 Å². The van der Waals surface area contributed by atoms with E-state index >= 15 is 0 Å². The molecule has 20 heavy (non-hydrogen) atoms. The van der Waals surface area contributed by atoms with Gasteiger partial charge in [0, 0.05) is 11.1 Å². The molecule has 3 rings (SSSR count). The van der Waals surface area contributed by atoms with Gasteiger partial charge >= 0.3 is 0 Å². The zero-order valence-electron chi connectivity index (χ0n) is 11.3. The number of methoxy groups -OCH3 is 1. The van der Waals surface area contributed by atoms with Crippen molar-refractivity contribution >= 4 is 10.8 Å². The molecular weight excluding hydrogens is 244 g/mol. The summed E-state index contributed by atoms with van der Waals surface area (Å²) in [5, 5.41) is 2.46. The largest absolute Gasteiger partial charge is 0.497 e. The third-order valence-electron chi connectivity index (χ3n) is 3.19. The van der Waals surface area contributed by atoms with Crippen LogP contribution in [0.4, 0.5) is 0 Å². The minimum atomic E-state index is 0.848. The molecule has 0 aliphatic carbocycles. The first-order chi connectivity index (χ1) is 9.85. The molecule has 3 aromatic carbocycles. The normalized spacial score (nSPS) is 9.85. The monoisotopic (exact) mass is 258 g/mol. The maximum Gasteiger partial charge on any atom is 0.118 e. The third kappa shape index (κ3) is 2.65. The first-order valence-electron chi connectivity index (χ1n) is 6.50. The molecule has 0 radical (unpaired) electrons. The standard InChI is InChI=1S/C19H14O/c1-20-19-12-9-15(10-13-19)6-7-16-8-11-17-4-2-3-5-18(17)14-16/h2-5,8-14H,1H3. The van der Waals surface area contributed by atoms with Crippen LogP contribution in [-0.2, 0) is 0 Å². The molecule has 0 fully saturated rings. The van der Waals surface area contributed by atoms with E-state index in [1.165, 1.54) is 10.8 Å². The van der Waals surface area contributed by atoms with Gasteiger partial charge in [-0.3, -0.25) is 0 Å². The summed E-state index contributed by atoms with van der Waals surface area (Å²) in [6.45, 7) is 0. The van der Waals surface area contributed by atoms with E-state index in [1.807, 2.05) is 36.4 Å². The Bertz CT molecular complexity index is 789. The third-order valence-corrected chi connectivity index (χ3v) is 3.19. The van der Waals surface area contributed by atoms with Crippen LogP contribution >= 0.6 is 0 Å². The van der Waals surface area contributed by atoms with E-state index in [0.717, 1.165) is 16.9 Å². The average molecular weight is 258 g/mol. The van der Waals surface area contributed by atoms with Crippen LogP contribution in [0.5, 0.6) is 5.75 Å². The van der Waals surface area contributed by atoms with Gasteiger partial charge in [-0.25, -0.2) is 0 Å². The van der Waals surface area contributed by atoms with Crippen molar-refractivity contribution in [1.29, 1.82) is 0 Å². The Morgan fingerprint density at radius 2 is 1.35 bits per heavy atom. The number of hydrogen-bond acceptors (Lipinski definition) is 1. The first kappa shape index (κ1) is 12.3. The molecule has 0 spiro atoms. The summed E-state index contributed by atoms with van der Waals surface area (Å²) in [6.07, 6.45) is 0. The molecule has 0 aliphatic rings. The Morgan fingerprint density at radius 1 is 0.700 bits per heavy atom. The lowest BCUT2D eigenvalue weighted by Gasteiger charge is -1.98. The fourth-order valence-electron chi connectivity index (χ4n) is 2.09. The predicted octanol–water partition coefficient (Wildman–Crippen LogP) is 4.25. The molecule has 0 saturated heterocycles. The lowest BCUT2D eigenvalue weighted by Crippen LogP contribution is -1.82. The fraction of sp³-hybridized carbons (Fsp3) is 0.0526. The maximum absolute atomic E-state index is 5.13. The van der Waals surface area contributed by atoms with Gasteiger partial charge in [-0.15, -0.1) is 0 Å². The summed E-state index contributed by atoms with van der Waals surface area (Å²) >= 11 is 0. The molecule has 1 heteroatoms. The van der Waals surface area contributed by atoms with Gasteiger partial charge in [0.2, 0.25) is 0 Å². The van der Waals surface area contributed by atoms with E-state index in [2.05, 4.69) is 42.2 Å². The molecule has 0 heterocycles. The molecule has 0 bridgehead atoms. The van der Waals surface area contributed by atoms with Crippen molar-refractivity contribution in [3.05, 3.63) is 77.9 Å². The van der Waals surface area contributed by atoms with Crippen LogP contribution in [0, 0.1) is 11.8 Å². The van der Waals surface area contributed by atoms with Crippen LogP contribution in [0.25, 0.3) is 10.8 Å². The van der Waals surface area contributed by atoms with Gasteiger partial charge in [-0.2, -0.15) is 0 Å². The van der Waals surface area contributed by atoms with Crippen molar-refractivity contribution in [2.24, 2.45) is 0 Å². The lowest BCUT2D eigenvalue weighted by atomic mass is 10.1. The molecule has 0 unspecified atom stereocenters. The van der Waals surface area contributed by atoms with Crippen molar-refractivity contribution in [3.63, 3.8) is 0 Å². The number of hydrogen-bond donors (Lipinski definition) is 0. The van der Waals surface area contributed by atoms with Crippen LogP contribution in [0.1, 0.15) is 11.1 Å². The molecule has 0 N–H and O–H groups in total. The first-order valence-corrected chi connectivity index (χ1v) is 6.50. The highest BCUT2D eigenvalue weighted by molar-refractivity contribution is 5.83. The highest BCUT2D eigenvalue weighted by Gasteiger charge is 1.93. The van der Waals surface area contributed by atoms with Crippen LogP contribution in [0.15, 0.2) is 66.7 Å². The summed E-state index contributed by atoms with van der Waals surface area (Å²) in [6, 6.07) is 22.4. The molecule has 0 amide bonds. The van der Waals surface area contributed by atoms with Crippen molar-refractivity contribution in [2.45, 2.75) is 0 Å².